The van der Waals surface area contributed by atoms with Gasteiger partial charge in [0.25, 0.3) is 0 Å². The van der Waals surface area contributed by atoms with Crippen molar-refractivity contribution in [2.45, 2.75) is 32.1 Å². The number of methoxy groups -OCH3 is 2. The van der Waals surface area contributed by atoms with E-state index in [1.165, 1.54) is 5.56 Å². The zero-order valence-corrected chi connectivity index (χ0v) is 11.9. The molecule has 0 aromatic heterocycles. The molecule has 1 aliphatic heterocycles. The van der Waals surface area contributed by atoms with Crippen molar-refractivity contribution in [1.29, 1.82) is 0 Å². The number of hydrogen-bond donors (Lipinski definition) is 1. The molecule has 4 nitrogen and oxygen atoms in total. The maximum absolute atomic E-state index is 5.87. The summed E-state index contributed by atoms with van der Waals surface area (Å²) in [6.07, 6.45) is 1.84. The second-order valence-electron chi connectivity index (χ2n) is 4.66. The summed E-state index contributed by atoms with van der Waals surface area (Å²) < 4.78 is 16.7. The van der Waals surface area contributed by atoms with Gasteiger partial charge in [-0.3, -0.25) is 0 Å². The average molecular weight is 265 g/mol. The highest BCUT2D eigenvalue weighted by molar-refractivity contribution is 5.44. The van der Waals surface area contributed by atoms with Gasteiger partial charge in [-0.1, -0.05) is 25.1 Å². The summed E-state index contributed by atoms with van der Waals surface area (Å²) in [7, 11) is 3.32. The van der Waals surface area contributed by atoms with Crippen LogP contribution in [0, 0.1) is 0 Å². The summed E-state index contributed by atoms with van der Waals surface area (Å²) in [6, 6.07) is 6.28. The van der Waals surface area contributed by atoms with Crippen molar-refractivity contribution >= 4 is 0 Å². The highest BCUT2D eigenvalue weighted by Crippen LogP contribution is 2.34. The van der Waals surface area contributed by atoms with Crippen LogP contribution in [0.25, 0.3) is 0 Å². The lowest BCUT2D eigenvalue weighted by atomic mass is 9.97. The van der Waals surface area contributed by atoms with E-state index in [1.54, 1.807) is 14.2 Å². The largest absolute Gasteiger partial charge is 0.493 e. The van der Waals surface area contributed by atoms with Crippen LogP contribution in [0.4, 0.5) is 0 Å². The Hall–Kier alpha value is -1.10. The normalized spacial score (nSPS) is 16.0. The number of nitrogens with one attached hydrogen (secondary N) is 1. The standard InChI is InChI=1S/C15H23NO3/c1-4-16-13(15(17-2)18-3)12-9-5-7-11-8-6-10-19-14(11)12/h5,7,9,13,15-16H,4,6,8,10H2,1-3H3. The fourth-order valence-corrected chi connectivity index (χ4v) is 2.60. The molecule has 0 spiro atoms. The van der Waals surface area contributed by atoms with Crippen molar-refractivity contribution in [3.63, 3.8) is 0 Å². The van der Waals surface area contributed by atoms with E-state index < -0.39 is 0 Å². The molecule has 0 aliphatic carbocycles. The van der Waals surface area contributed by atoms with Crippen molar-refractivity contribution in [3.05, 3.63) is 29.3 Å². The van der Waals surface area contributed by atoms with Crippen LogP contribution in [-0.4, -0.2) is 33.7 Å². The average Bonchev–Trinajstić information content (AvgIpc) is 2.47. The molecule has 1 aromatic rings. The SMILES string of the molecule is CCNC(c1cccc2c1OCCC2)C(OC)OC. The Labute approximate surface area is 115 Å². The molecule has 106 valence electrons. The molecule has 1 atom stereocenters. The smallest absolute Gasteiger partial charge is 0.176 e. The zero-order valence-electron chi connectivity index (χ0n) is 11.9. The fraction of sp³-hybridized carbons (Fsp3) is 0.600. The zero-order chi connectivity index (χ0) is 13.7. The van der Waals surface area contributed by atoms with Gasteiger partial charge in [-0.15, -0.1) is 0 Å². The maximum atomic E-state index is 5.87. The lowest BCUT2D eigenvalue weighted by molar-refractivity contribution is -0.124. The number of ether oxygens (including phenoxy) is 3. The molecule has 0 saturated heterocycles. The Morgan fingerprint density at radius 3 is 2.79 bits per heavy atom. The molecule has 1 aromatic carbocycles. The number of benzene rings is 1. The van der Waals surface area contributed by atoms with Crippen molar-refractivity contribution in [2.24, 2.45) is 0 Å². The van der Waals surface area contributed by atoms with Gasteiger partial charge in [0.15, 0.2) is 6.29 Å². The van der Waals surface area contributed by atoms with Gasteiger partial charge in [0.1, 0.15) is 5.75 Å². The minimum Gasteiger partial charge on any atom is -0.493 e. The van der Waals surface area contributed by atoms with Crippen LogP contribution in [0.15, 0.2) is 18.2 Å². The van der Waals surface area contributed by atoms with E-state index in [-0.39, 0.29) is 12.3 Å². The van der Waals surface area contributed by atoms with Gasteiger partial charge in [0.05, 0.1) is 12.6 Å². The van der Waals surface area contributed by atoms with Crippen LogP contribution in [0.5, 0.6) is 5.75 Å². The van der Waals surface area contributed by atoms with Crippen molar-refractivity contribution in [3.8, 4) is 5.75 Å². The molecule has 0 amide bonds. The molecule has 1 N–H and O–H groups in total. The first-order valence-electron chi connectivity index (χ1n) is 6.85. The van der Waals surface area contributed by atoms with E-state index in [1.807, 2.05) is 0 Å². The summed E-state index contributed by atoms with van der Waals surface area (Å²) in [5.41, 5.74) is 2.39. The molecular weight excluding hydrogens is 242 g/mol. The van der Waals surface area contributed by atoms with E-state index in [9.17, 15) is 0 Å². The Kier molecular flexibility index (Phi) is 5.19. The number of hydrogen-bond acceptors (Lipinski definition) is 4. The third-order valence-corrected chi connectivity index (χ3v) is 3.46. The van der Waals surface area contributed by atoms with Crippen molar-refractivity contribution in [1.82, 2.24) is 5.32 Å². The fourth-order valence-electron chi connectivity index (χ4n) is 2.60. The van der Waals surface area contributed by atoms with E-state index in [0.29, 0.717) is 0 Å². The molecule has 1 heterocycles. The minimum absolute atomic E-state index is 0.0203. The number of likely N-dealkylation sites (N-methyl/N-ethyl adjacent to an activating group) is 1. The Morgan fingerprint density at radius 2 is 2.11 bits per heavy atom. The first kappa shape index (κ1) is 14.3. The monoisotopic (exact) mass is 265 g/mol. The Balaban J connectivity index is 2.35. The second-order valence-corrected chi connectivity index (χ2v) is 4.66. The third kappa shape index (κ3) is 3.08. The number of aryl methyl sites for hydroxylation is 1. The quantitative estimate of drug-likeness (QED) is 0.801. The molecule has 0 bridgehead atoms. The molecule has 1 unspecified atom stereocenters. The summed E-state index contributed by atoms with van der Waals surface area (Å²) >= 11 is 0. The molecule has 1 aliphatic rings. The third-order valence-electron chi connectivity index (χ3n) is 3.46. The summed E-state index contributed by atoms with van der Waals surface area (Å²) in [5, 5.41) is 3.42. The number of para-hydroxylation sites is 1. The Bertz CT molecular complexity index is 404. The summed E-state index contributed by atoms with van der Waals surface area (Å²) in [5.74, 6) is 0.999. The van der Waals surface area contributed by atoms with E-state index >= 15 is 0 Å². The second kappa shape index (κ2) is 6.89. The van der Waals surface area contributed by atoms with E-state index in [4.69, 9.17) is 14.2 Å². The van der Waals surface area contributed by atoms with Crippen LogP contribution >= 0.6 is 0 Å². The molecular formula is C15H23NO3. The lowest BCUT2D eigenvalue weighted by Gasteiger charge is -2.29. The number of fused-ring (bicyclic) bond motifs is 1. The van der Waals surface area contributed by atoms with Gasteiger partial charge in [0, 0.05) is 19.8 Å². The predicted molar refractivity (Wildman–Crippen MR) is 74.5 cm³/mol. The van der Waals surface area contributed by atoms with Gasteiger partial charge < -0.3 is 19.5 Å². The molecule has 4 heteroatoms. The van der Waals surface area contributed by atoms with Gasteiger partial charge in [-0.05, 0) is 24.9 Å². The molecule has 2 rings (SSSR count). The van der Waals surface area contributed by atoms with Gasteiger partial charge in [-0.2, -0.15) is 0 Å². The van der Waals surface area contributed by atoms with Crippen LogP contribution in [0.2, 0.25) is 0 Å². The first-order valence-corrected chi connectivity index (χ1v) is 6.85. The maximum Gasteiger partial charge on any atom is 0.176 e. The Morgan fingerprint density at radius 1 is 1.32 bits per heavy atom. The number of rotatable bonds is 6. The highest BCUT2D eigenvalue weighted by Gasteiger charge is 2.27. The van der Waals surface area contributed by atoms with Crippen LogP contribution in [0.1, 0.15) is 30.5 Å². The highest BCUT2D eigenvalue weighted by atomic mass is 16.7. The van der Waals surface area contributed by atoms with Gasteiger partial charge in [0.2, 0.25) is 0 Å². The molecule has 19 heavy (non-hydrogen) atoms. The van der Waals surface area contributed by atoms with Gasteiger partial charge in [-0.25, -0.2) is 0 Å². The van der Waals surface area contributed by atoms with E-state index in [2.05, 4.69) is 30.4 Å². The molecule has 0 fully saturated rings. The predicted octanol–water partition coefficient (Wildman–Crippen LogP) is 2.28. The van der Waals surface area contributed by atoms with Crippen LogP contribution < -0.4 is 10.1 Å². The van der Waals surface area contributed by atoms with Crippen LogP contribution in [-0.2, 0) is 15.9 Å². The summed E-state index contributed by atoms with van der Waals surface area (Å²) in [4.78, 5) is 0. The summed E-state index contributed by atoms with van der Waals surface area (Å²) in [6.45, 7) is 3.71. The van der Waals surface area contributed by atoms with Crippen molar-refractivity contribution in [2.75, 3.05) is 27.4 Å². The van der Waals surface area contributed by atoms with E-state index in [0.717, 1.165) is 37.3 Å². The molecule has 0 saturated carbocycles. The molecule has 0 radical (unpaired) electrons. The topological polar surface area (TPSA) is 39.7 Å². The van der Waals surface area contributed by atoms with Crippen molar-refractivity contribution < 1.29 is 14.2 Å². The van der Waals surface area contributed by atoms with Gasteiger partial charge >= 0.3 is 0 Å². The lowest BCUT2D eigenvalue weighted by Crippen LogP contribution is -2.35. The minimum atomic E-state index is -0.322. The first-order chi connectivity index (χ1) is 9.31. The van der Waals surface area contributed by atoms with Crippen LogP contribution in [0.3, 0.4) is 0 Å².